The second-order valence-electron chi connectivity index (χ2n) is 4.43. The smallest absolute Gasteiger partial charge is 0.340 e. The number of esters is 1. The van der Waals surface area contributed by atoms with E-state index in [9.17, 15) is 4.79 Å². The first-order valence-corrected chi connectivity index (χ1v) is 6.82. The Bertz CT molecular complexity index is 428. The lowest BCUT2D eigenvalue weighted by Gasteiger charge is -2.30. The molecule has 18 heavy (non-hydrogen) atoms. The SMILES string of the molecule is CCOC(=O)c1cc(Cl)ccc1N1CCCCC1. The number of nitrogens with zero attached hydrogens (tertiary/aromatic N) is 1. The van der Waals surface area contributed by atoms with Crippen LogP contribution in [0.3, 0.4) is 0 Å². The number of ether oxygens (including phenoxy) is 1. The van der Waals surface area contributed by atoms with Gasteiger partial charge in [0, 0.05) is 18.1 Å². The number of carbonyl (C=O) groups excluding carboxylic acids is 1. The summed E-state index contributed by atoms with van der Waals surface area (Å²) in [5, 5.41) is 0.568. The van der Waals surface area contributed by atoms with Gasteiger partial charge in [-0.05, 0) is 44.4 Å². The summed E-state index contributed by atoms with van der Waals surface area (Å²) in [6.45, 7) is 4.18. The van der Waals surface area contributed by atoms with Gasteiger partial charge in [0.05, 0.1) is 17.9 Å². The third-order valence-corrected chi connectivity index (χ3v) is 3.39. The zero-order valence-electron chi connectivity index (χ0n) is 10.6. The summed E-state index contributed by atoms with van der Waals surface area (Å²) in [5.74, 6) is -0.291. The quantitative estimate of drug-likeness (QED) is 0.785. The molecule has 0 saturated carbocycles. The molecule has 1 saturated heterocycles. The normalized spacial score (nSPS) is 15.6. The average Bonchev–Trinajstić information content (AvgIpc) is 2.40. The molecular weight excluding hydrogens is 250 g/mol. The van der Waals surface area contributed by atoms with E-state index in [1.807, 2.05) is 19.1 Å². The Labute approximate surface area is 113 Å². The van der Waals surface area contributed by atoms with Gasteiger partial charge < -0.3 is 9.64 Å². The summed E-state index contributed by atoms with van der Waals surface area (Å²) in [6, 6.07) is 5.44. The largest absolute Gasteiger partial charge is 0.462 e. The van der Waals surface area contributed by atoms with Crippen LogP contribution in [-0.4, -0.2) is 25.7 Å². The molecule has 1 aliphatic heterocycles. The predicted octanol–water partition coefficient (Wildman–Crippen LogP) is 3.51. The number of anilines is 1. The highest BCUT2D eigenvalue weighted by Gasteiger charge is 2.19. The molecule has 2 rings (SSSR count). The van der Waals surface area contributed by atoms with Gasteiger partial charge in [0.15, 0.2) is 0 Å². The van der Waals surface area contributed by atoms with E-state index in [2.05, 4.69) is 4.90 Å². The zero-order valence-corrected chi connectivity index (χ0v) is 11.4. The van der Waals surface area contributed by atoms with E-state index >= 15 is 0 Å². The Morgan fingerprint density at radius 3 is 2.72 bits per heavy atom. The molecule has 1 aliphatic rings. The molecule has 0 radical (unpaired) electrons. The molecule has 98 valence electrons. The van der Waals surface area contributed by atoms with Crippen molar-refractivity contribution in [3.8, 4) is 0 Å². The molecule has 0 aromatic heterocycles. The first-order valence-electron chi connectivity index (χ1n) is 6.44. The molecule has 0 bridgehead atoms. The summed E-state index contributed by atoms with van der Waals surface area (Å²) in [6.07, 6.45) is 3.61. The third-order valence-electron chi connectivity index (χ3n) is 3.15. The first-order chi connectivity index (χ1) is 8.72. The Morgan fingerprint density at radius 2 is 2.06 bits per heavy atom. The van der Waals surface area contributed by atoms with Crippen molar-refractivity contribution in [2.45, 2.75) is 26.2 Å². The second-order valence-corrected chi connectivity index (χ2v) is 4.87. The second kappa shape index (κ2) is 6.10. The zero-order chi connectivity index (χ0) is 13.0. The van der Waals surface area contributed by atoms with Crippen LogP contribution in [0.4, 0.5) is 5.69 Å². The van der Waals surface area contributed by atoms with Crippen LogP contribution >= 0.6 is 11.6 Å². The van der Waals surface area contributed by atoms with Crippen LogP contribution in [-0.2, 0) is 4.74 Å². The van der Waals surface area contributed by atoms with Crippen molar-refractivity contribution in [3.05, 3.63) is 28.8 Å². The van der Waals surface area contributed by atoms with E-state index in [1.54, 1.807) is 6.07 Å². The molecule has 3 nitrogen and oxygen atoms in total. The van der Waals surface area contributed by atoms with Crippen LogP contribution in [0.15, 0.2) is 18.2 Å². The summed E-state index contributed by atoms with van der Waals surface area (Å²) in [4.78, 5) is 14.2. The minimum Gasteiger partial charge on any atom is -0.462 e. The molecule has 4 heteroatoms. The van der Waals surface area contributed by atoms with Gasteiger partial charge >= 0.3 is 5.97 Å². The fourth-order valence-corrected chi connectivity index (χ4v) is 2.46. The van der Waals surface area contributed by atoms with Crippen molar-refractivity contribution < 1.29 is 9.53 Å². The predicted molar refractivity (Wildman–Crippen MR) is 73.5 cm³/mol. The summed E-state index contributed by atoms with van der Waals surface area (Å²) in [5.41, 5.74) is 1.52. The third kappa shape index (κ3) is 2.96. The van der Waals surface area contributed by atoms with Gasteiger partial charge in [0.1, 0.15) is 0 Å². The van der Waals surface area contributed by atoms with E-state index in [-0.39, 0.29) is 5.97 Å². The highest BCUT2D eigenvalue weighted by molar-refractivity contribution is 6.31. The minimum atomic E-state index is -0.291. The van der Waals surface area contributed by atoms with Crippen LogP contribution in [0.1, 0.15) is 36.5 Å². The van der Waals surface area contributed by atoms with E-state index < -0.39 is 0 Å². The average molecular weight is 268 g/mol. The van der Waals surface area contributed by atoms with Gasteiger partial charge in [-0.25, -0.2) is 4.79 Å². The van der Waals surface area contributed by atoms with Crippen molar-refractivity contribution in [1.82, 2.24) is 0 Å². The number of hydrogen-bond donors (Lipinski definition) is 0. The topological polar surface area (TPSA) is 29.5 Å². The molecular formula is C14H18ClNO2. The van der Waals surface area contributed by atoms with E-state index in [1.165, 1.54) is 19.3 Å². The van der Waals surface area contributed by atoms with Gasteiger partial charge in [0.25, 0.3) is 0 Å². The van der Waals surface area contributed by atoms with Crippen molar-refractivity contribution in [2.24, 2.45) is 0 Å². The summed E-state index contributed by atoms with van der Waals surface area (Å²) in [7, 11) is 0. The number of benzene rings is 1. The molecule has 1 aromatic rings. The number of rotatable bonds is 3. The highest BCUT2D eigenvalue weighted by Crippen LogP contribution is 2.27. The van der Waals surface area contributed by atoms with Crippen molar-refractivity contribution in [1.29, 1.82) is 0 Å². The number of hydrogen-bond acceptors (Lipinski definition) is 3. The molecule has 0 atom stereocenters. The maximum atomic E-state index is 12.0. The van der Waals surface area contributed by atoms with Crippen LogP contribution < -0.4 is 4.90 Å². The number of piperidine rings is 1. The van der Waals surface area contributed by atoms with Gasteiger partial charge in [-0.2, -0.15) is 0 Å². The lowest BCUT2D eigenvalue weighted by molar-refractivity contribution is 0.0527. The molecule has 1 fully saturated rings. The van der Waals surface area contributed by atoms with Crippen LogP contribution in [0, 0.1) is 0 Å². The first kappa shape index (κ1) is 13.2. The Hall–Kier alpha value is -1.22. The van der Waals surface area contributed by atoms with E-state index in [4.69, 9.17) is 16.3 Å². The molecule has 1 heterocycles. The highest BCUT2D eigenvalue weighted by atomic mass is 35.5. The lowest BCUT2D eigenvalue weighted by Crippen LogP contribution is -2.31. The minimum absolute atomic E-state index is 0.291. The Balaban J connectivity index is 2.30. The van der Waals surface area contributed by atoms with Crippen molar-refractivity contribution >= 4 is 23.3 Å². The van der Waals surface area contributed by atoms with Crippen molar-refractivity contribution in [2.75, 3.05) is 24.6 Å². The molecule has 0 N–H and O–H groups in total. The van der Waals surface area contributed by atoms with Crippen molar-refractivity contribution in [3.63, 3.8) is 0 Å². The molecule has 1 aromatic carbocycles. The Kier molecular flexibility index (Phi) is 4.48. The van der Waals surface area contributed by atoms with Gasteiger partial charge in [-0.3, -0.25) is 0 Å². The van der Waals surface area contributed by atoms with Gasteiger partial charge in [-0.1, -0.05) is 11.6 Å². The fourth-order valence-electron chi connectivity index (χ4n) is 2.29. The fraction of sp³-hybridized carbons (Fsp3) is 0.500. The monoisotopic (exact) mass is 267 g/mol. The summed E-state index contributed by atoms with van der Waals surface area (Å²) < 4.78 is 5.09. The standard InChI is InChI=1S/C14H18ClNO2/c1-2-18-14(17)12-10-11(15)6-7-13(12)16-8-4-3-5-9-16/h6-7,10H,2-5,8-9H2,1H3. The van der Waals surface area contributed by atoms with Crippen LogP contribution in [0.2, 0.25) is 5.02 Å². The molecule has 0 spiro atoms. The maximum absolute atomic E-state index is 12.0. The van der Waals surface area contributed by atoms with E-state index in [0.29, 0.717) is 17.2 Å². The lowest BCUT2D eigenvalue weighted by atomic mass is 10.1. The molecule has 0 aliphatic carbocycles. The van der Waals surface area contributed by atoms with Crippen LogP contribution in [0.5, 0.6) is 0 Å². The Morgan fingerprint density at radius 1 is 1.33 bits per heavy atom. The van der Waals surface area contributed by atoms with Gasteiger partial charge in [-0.15, -0.1) is 0 Å². The van der Waals surface area contributed by atoms with E-state index in [0.717, 1.165) is 18.8 Å². The van der Waals surface area contributed by atoms with Gasteiger partial charge in [0.2, 0.25) is 0 Å². The maximum Gasteiger partial charge on any atom is 0.340 e. The number of carbonyl (C=O) groups is 1. The molecule has 0 unspecified atom stereocenters. The van der Waals surface area contributed by atoms with Crippen LogP contribution in [0.25, 0.3) is 0 Å². The molecule has 0 amide bonds. The number of halogens is 1. The summed E-state index contributed by atoms with van der Waals surface area (Å²) >= 11 is 5.97.